The van der Waals surface area contributed by atoms with Crippen LogP contribution in [0, 0.1) is 5.92 Å². The van der Waals surface area contributed by atoms with Crippen molar-refractivity contribution in [3.05, 3.63) is 35.9 Å². The molecule has 1 rings (SSSR count). The predicted octanol–water partition coefficient (Wildman–Crippen LogP) is 3.41. The van der Waals surface area contributed by atoms with Crippen LogP contribution in [0.1, 0.15) is 52.6 Å². The fraction of sp³-hybridized carbons (Fsp3) is 0.556. The van der Waals surface area contributed by atoms with Crippen molar-refractivity contribution >= 4 is 12.0 Å². The molecule has 1 atom stereocenters. The van der Waals surface area contributed by atoms with Crippen molar-refractivity contribution in [2.45, 2.75) is 52.7 Å². The van der Waals surface area contributed by atoms with Gasteiger partial charge in [0.1, 0.15) is 11.6 Å². The molecule has 2 N–H and O–H groups in total. The van der Waals surface area contributed by atoms with E-state index in [1.165, 1.54) is 0 Å². The lowest BCUT2D eigenvalue weighted by Gasteiger charge is -2.23. The predicted molar refractivity (Wildman–Crippen MR) is 91.0 cm³/mol. The van der Waals surface area contributed by atoms with E-state index >= 15 is 0 Å². The first-order valence-corrected chi connectivity index (χ1v) is 8.01. The third-order valence-electron chi connectivity index (χ3n) is 3.08. The summed E-state index contributed by atoms with van der Waals surface area (Å²) in [5.41, 5.74) is 0.111. The van der Waals surface area contributed by atoms with Gasteiger partial charge in [-0.25, -0.2) is 4.79 Å². The van der Waals surface area contributed by atoms with E-state index in [1.807, 2.05) is 30.3 Å². The molecule has 2 amide bonds. The fourth-order valence-corrected chi connectivity index (χ4v) is 1.96. The lowest BCUT2D eigenvalue weighted by Crippen LogP contribution is -2.42. The Balaban J connectivity index is 2.78. The zero-order valence-corrected chi connectivity index (χ0v) is 14.7. The molecule has 0 bridgehead atoms. The molecule has 0 aliphatic heterocycles. The van der Waals surface area contributed by atoms with Gasteiger partial charge in [-0.3, -0.25) is 4.79 Å². The molecular weight excluding hydrogens is 292 g/mol. The minimum atomic E-state index is -0.766. The average Bonchev–Trinajstić information content (AvgIpc) is 2.43. The van der Waals surface area contributed by atoms with Crippen LogP contribution in [-0.4, -0.2) is 24.1 Å². The molecule has 5 nitrogen and oxygen atoms in total. The molecule has 1 aromatic rings. The molecule has 0 aromatic heterocycles. The maximum absolute atomic E-state index is 12.4. The number of benzene rings is 1. The van der Waals surface area contributed by atoms with Crippen molar-refractivity contribution in [3.63, 3.8) is 0 Å². The smallest absolute Gasteiger partial charge is 0.408 e. The molecule has 0 radical (unpaired) electrons. The Morgan fingerprint density at radius 3 is 2.26 bits per heavy atom. The van der Waals surface area contributed by atoms with Crippen molar-refractivity contribution in [2.24, 2.45) is 5.92 Å². The van der Waals surface area contributed by atoms with Gasteiger partial charge in [0.05, 0.1) is 0 Å². The Bertz CT molecular complexity index is 507. The van der Waals surface area contributed by atoms with Crippen LogP contribution in [0.15, 0.2) is 30.3 Å². The standard InChI is InChI=1S/C18H28N2O3/c1-13(2)11-12-19-16(21)15(14-9-7-6-8-10-14)20-17(22)23-18(3,4)5/h6-10,13,15H,11-12H2,1-5H3,(H,19,21)(H,20,22). The van der Waals surface area contributed by atoms with Crippen molar-refractivity contribution in [1.29, 1.82) is 0 Å². The summed E-state index contributed by atoms with van der Waals surface area (Å²) in [6.07, 6.45) is 0.282. The molecule has 0 saturated heterocycles. The van der Waals surface area contributed by atoms with E-state index < -0.39 is 17.7 Å². The molecule has 0 heterocycles. The van der Waals surface area contributed by atoms with E-state index in [2.05, 4.69) is 24.5 Å². The van der Waals surface area contributed by atoms with Crippen LogP contribution in [0.3, 0.4) is 0 Å². The maximum Gasteiger partial charge on any atom is 0.408 e. The highest BCUT2D eigenvalue weighted by Gasteiger charge is 2.25. The van der Waals surface area contributed by atoms with Crippen LogP contribution in [0.25, 0.3) is 0 Å². The third-order valence-corrected chi connectivity index (χ3v) is 3.08. The van der Waals surface area contributed by atoms with E-state index in [1.54, 1.807) is 20.8 Å². The van der Waals surface area contributed by atoms with Crippen LogP contribution < -0.4 is 10.6 Å². The minimum absolute atomic E-state index is 0.234. The number of nitrogens with one attached hydrogen (secondary N) is 2. The van der Waals surface area contributed by atoms with Crippen LogP contribution in [-0.2, 0) is 9.53 Å². The summed E-state index contributed by atoms with van der Waals surface area (Å²) in [5, 5.41) is 5.53. The zero-order chi connectivity index (χ0) is 17.5. The van der Waals surface area contributed by atoms with Gasteiger partial charge < -0.3 is 15.4 Å². The summed E-state index contributed by atoms with van der Waals surface area (Å²) in [4.78, 5) is 24.5. The SMILES string of the molecule is CC(C)CCNC(=O)C(NC(=O)OC(C)(C)C)c1ccccc1. The Labute approximate surface area is 138 Å². The van der Waals surface area contributed by atoms with Gasteiger partial charge in [0.25, 0.3) is 0 Å². The largest absolute Gasteiger partial charge is 0.444 e. The summed E-state index contributed by atoms with van der Waals surface area (Å²) in [7, 11) is 0. The molecular formula is C18H28N2O3. The van der Waals surface area contributed by atoms with E-state index in [0.717, 1.165) is 12.0 Å². The fourth-order valence-electron chi connectivity index (χ4n) is 1.96. The summed E-state index contributed by atoms with van der Waals surface area (Å²) in [6.45, 7) is 10.1. The molecule has 0 spiro atoms. The molecule has 1 unspecified atom stereocenters. The Morgan fingerprint density at radius 2 is 1.74 bits per heavy atom. The number of carbonyl (C=O) groups excluding carboxylic acids is 2. The average molecular weight is 320 g/mol. The van der Waals surface area contributed by atoms with Crippen molar-refractivity contribution in [3.8, 4) is 0 Å². The maximum atomic E-state index is 12.4. The first kappa shape index (κ1) is 19.0. The van der Waals surface area contributed by atoms with Gasteiger partial charge in [-0.2, -0.15) is 0 Å². The second-order valence-electron chi connectivity index (χ2n) is 6.96. The topological polar surface area (TPSA) is 67.4 Å². The number of rotatable bonds is 6. The van der Waals surface area contributed by atoms with E-state index in [4.69, 9.17) is 4.74 Å². The second kappa shape index (κ2) is 8.56. The minimum Gasteiger partial charge on any atom is -0.444 e. The summed E-state index contributed by atoms with van der Waals surface area (Å²) < 4.78 is 5.25. The molecule has 23 heavy (non-hydrogen) atoms. The first-order valence-electron chi connectivity index (χ1n) is 8.01. The number of amides is 2. The highest BCUT2D eigenvalue weighted by molar-refractivity contribution is 5.86. The highest BCUT2D eigenvalue weighted by Crippen LogP contribution is 2.15. The summed E-state index contributed by atoms with van der Waals surface area (Å²) in [5.74, 6) is 0.270. The molecule has 0 aliphatic carbocycles. The third kappa shape index (κ3) is 7.68. The summed E-state index contributed by atoms with van der Waals surface area (Å²) >= 11 is 0. The van der Waals surface area contributed by atoms with Gasteiger partial charge in [0.2, 0.25) is 5.91 Å². The quantitative estimate of drug-likeness (QED) is 0.844. The number of alkyl carbamates (subject to hydrolysis) is 1. The van der Waals surface area contributed by atoms with E-state index in [9.17, 15) is 9.59 Å². The van der Waals surface area contributed by atoms with Crippen molar-refractivity contribution in [1.82, 2.24) is 10.6 Å². The normalized spacial score (nSPS) is 12.6. The second-order valence-corrected chi connectivity index (χ2v) is 6.96. The Hall–Kier alpha value is -2.04. The first-order chi connectivity index (χ1) is 10.7. The van der Waals surface area contributed by atoms with Crippen molar-refractivity contribution in [2.75, 3.05) is 6.54 Å². The van der Waals surface area contributed by atoms with Gasteiger partial charge in [-0.05, 0) is 38.7 Å². The molecule has 5 heteroatoms. The highest BCUT2D eigenvalue weighted by atomic mass is 16.6. The van der Waals surface area contributed by atoms with Crippen molar-refractivity contribution < 1.29 is 14.3 Å². The van der Waals surface area contributed by atoms with E-state index in [0.29, 0.717) is 12.5 Å². The Kier molecular flexibility index (Phi) is 7.07. The van der Waals surface area contributed by atoms with Gasteiger partial charge in [-0.1, -0.05) is 44.2 Å². The molecule has 0 aliphatic rings. The van der Waals surface area contributed by atoms with Gasteiger partial charge >= 0.3 is 6.09 Å². The molecule has 128 valence electrons. The van der Waals surface area contributed by atoms with Gasteiger partial charge in [-0.15, -0.1) is 0 Å². The monoisotopic (exact) mass is 320 g/mol. The number of hydrogen-bond donors (Lipinski definition) is 2. The van der Waals surface area contributed by atoms with Crippen LogP contribution in [0.5, 0.6) is 0 Å². The number of ether oxygens (including phenoxy) is 1. The lowest BCUT2D eigenvalue weighted by atomic mass is 10.1. The molecule has 1 aromatic carbocycles. The Morgan fingerprint density at radius 1 is 1.13 bits per heavy atom. The summed E-state index contributed by atoms with van der Waals surface area (Å²) in [6, 6.07) is 8.39. The number of hydrogen-bond acceptors (Lipinski definition) is 3. The van der Waals surface area contributed by atoms with Crippen LogP contribution in [0.2, 0.25) is 0 Å². The van der Waals surface area contributed by atoms with E-state index in [-0.39, 0.29) is 5.91 Å². The van der Waals surface area contributed by atoms with Gasteiger partial charge in [0.15, 0.2) is 0 Å². The zero-order valence-electron chi connectivity index (χ0n) is 14.7. The number of carbonyl (C=O) groups is 2. The lowest BCUT2D eigenvalue weighted by molar-refractivity contribution is -0.123. The van der Waals surface area contributed by atoms with Crippen LogP contribution >= 0.6 is 0 Å². The van der Waals surface area contributed by atoms with Gasteiger partial charge in [0, 0.05) is 6.54 Å². The molecule has 0 fully saturated rings. The van der Waals surface area contributed by atoms with Crippen LogP contribution in [0.4, 0.5) is 4.79 Å². The molecule has 0 saturated carbocycles.